The Labute approximate surface area is 106 Å². The van der Waals surface area contributed by atoms with Crippen molar-refractivity contribution in [3.05, 3.63) is 5.82 Å². The summed E-state index contributed by atoms with van der Waals surface area (Å²) in [6.07, 6.45) is -4.30. The van der Waals surface area contributed by atoms with Crippen LogP contribution in [0.15, 0.2) is 0 Å². The van der Waals surface area contributed by atoms with Gasteiger partial charge in [-0.15, -0.1) is 10.2 Å². The van der Waals surface area contributed by atoms with E-state index in [1.54, 1.807) is 0 Å². The summed E-state index contributed by atoms with van der Waals surface area (Å²) in [5.41, 5.74) is 0. The van der Waals surface area contributed by atoms with Crippen LogP contribution in [0.2, 0.25) is 0 Å². The topological polar surface area (TPSA) is 171 Å². The Morgan fingerprint density at radius 2 is 2.21 bits per heavy atom. The lowest BCUT2D eigenvalue weighted by Crippen LogP contribution is -2.47. The fraction of sp³-hybridized carbons (Fsp3) is 0.857. The normalized spacial score (nSPS) is 32.4. The molecule has 5 N–H and O–H groups in total. The number of rotatable bonds is 4. The lowest BCUT2D eigenvalue weighted by atomic mass is 9.98. The molecule has 0 unspecified atom stereocenters. The maximum absolute atomic E-state index is 10.6. The molecule has 11 nitrogen and oxygen atoms in total. The van der Waals surface area contributed by atoms with Gasteiger partial charge in [0.25, 0.3) is 0 Å². The van der Waals surface area contributed by atoms with Gasteiger partial charge in [-0.05, 0) is 0 Å². The zero-order chi connectivity index (χ0) is 14.0. The van der Waals surface area contributed by atoms with Gasteiger partial charge in [0.05, 0.1) is 12.7 Å². The molecule has 1 aliphatic heterocycles. The number of H-pyrrole nitrogens is 1. The van der Waals surface area contributed by atoms with Crippen LogP contribution in [-0.4, -0.2) is 65.5 Å². The monoisotopic (exact) mass is 296 g/mol. The van der Waals surface area contributed by atoms with Gasteiger partial charge >= 0.3 is 7.82 Å². The Bertz CT molecular complexity index is 450. The standard InChI is InChI=1S/C7H13N4O7P/c12-3-1-4(7-8-10-11-9-7)18-5(6(3)13)2-17-19(14,15)16/h3-6,12-13H,1-2H2,(H2,14,15,16)(H,8,9,10,11)/t3-,4+,5-,6+/m1/s1. The van der Waals surface area contributed by atoms with E-state index in [2.05, 4.69) is 25.1 Å². The summed E-state index contributed by atoms with van der Waals surface area (Å²) in [5.74, 6) is 0.173. The molecule has 2 heterocycles. The smallest absolute Gasteiger partial charge is 0.390 e. The second-order valence-corrected chi connectivity index (χ2v) is 5.25. The minimum atomic E-state index is -4.68. The molecule has 2 rings (SSSR count). The molecular formula is C7H13N4O7P. The van der Waals surface area contributed by atoms with E-state index in [0.29, 0.717) is 0 Å². The highest BCUT2D eigenvalue weighted by atomic mass is 31.2. The SMILES string of the molecule is O=P(O)(O)OC[C@H]1O[C@H](c2nn[nH]n2)C[C@@H](O)[C@@H]1O. The van der Waals surface area contributed by atoms with E-state index in [4.69, 9.17) is 14.5 Å². The van der Waals surface area contributed by atoms with Crippen molar-refractivity contribution in [2.24, 2.45) is 0 Å². The van der Waals surface area contributed by atoms with Crippen molar-refractivity contribution >= 4 is 7.82 Å². The molecule has 1 aromatic rings. The van der Waals surface area contributed by atoms with Gasteiger partial charge in [-0.2, -0.15) is 5.21 Å². The summed E-state index contributed by atoms with van der Waals surface area (Å²) in [6, 6.07) is 0. The number of nitrogens with zero attached hydrogens (tertiary/aromatic N) is 3. The number of nitrogens with one attached hydrogen (secondary N) is 1. The third kappa shape index (κ3) is 3.76. The summed E-state index contributed by atoms with van der Waals surface area (Å²) in [5, 5.41) is 32.3. The number of aliphatic hydroxyl groups excluding tert-OH is 2. The minimum Gasteiger partial charge on any atom is -0.390 e. The van der Waals surface area contributed by atoms with Crippen molar-refractivity contribution in [1.29, 1.82) is 0 Å². The number of hydrogen-bond acceptors (Lipinski definition) is 8. The second-order valence-electron chi connectivity index (χ2n) is 4.01. The fourth-order valence-corrected chi connectivity index (χ4v) is 2.08. The quantitative estimate of drug-likeness (QED) is 0.386. The Hall–Kier alpha value is -0.940. The highest BCUT2D eigenvalue weighted by Gasteiger charge is 2.39. The molecule has 12 heteroatoms. The average Bonchev–Trinajstić information content (AvgIpc) is 2.83. The second kappa shape index (κ2) is 5.59. The molecular weight excluding hydrogens is 283 g/mol. The molecule has 0 spiro atoms. The zero-order valence-corrected chi connectivity index (χ0v) is 10.4. The Morgan fingerprint density at radius 1 is 1.47 bits per heavy atom. The van der Waals surface area contributed by atoms with Crippen molar-refractivity contribution in [2.45, 2.75) is 30.8 Å². The predicted molar refractivity (Wildman–Crippen MR) is 56.4 cm³/mol. The maximum atomic E-state index is 10.6. The Balaban J connectivity index is 2.03. The summed E-state index contributed by atoms with van der Waals surface area (Å²) in [7, 11) is -4.68. The van der Waals surface area contributed by atoms with Crippen molar-refractivity contribution in [3.63, 3.8) is 0 Å². The molecule has 0 bridgehead atoms. The molecule has 1 aromatic heterocycles. The van der Waals surface area contributed by atoms with Gasteiger partial charge in [-0.3, -0.25) is 4.52 Å². The van der Waals surface area contributed by atoms with Crippen LogP contribution in [0, 0.1) is 0 Å². The van der Waals surface area contributed by atoms with Gasteiger partial charge in [0.15, 0.2) is 0 Å². The largest absolute Gasteiger partial charge is 0.469 e. The number of tetrazole rings is 1. The number of ether oxygens (including phenoxy) is 1. The Kier molecular flexibility index (Phi) is 4.26. The lowest BCUT2D eigenvalue weighted by molar-refractivity contribution is -0.182. The van der Waals surface area contributed by atoms with E-state index in [1.165, 1.54) is 0 Å². The van der Waals surface area contributed by atoms with Crippen LogP contribution >= 0.6 is 7.82 Å². The first-order chi connectivity index (χ1) is 8.87. The number of hydrogen-bond donors (Lipinski definition) is 5. The van der Waals surface area contributed by atoms with Gasteiger partial charge in [-0.1, -0.05) is 5.21 Å². The summed E-state index contributed by atoms with van der Waals surface area (Å²) in [6.45, 7) is -0.573. The van der Waals surface area contributed by atoms with Crippen LogP contribution in [0.25, 0.3) is 0 Å². The van der Waals surface area contributed by atoms with E-state index in [-0.39, 0.29) is 12.2 Å². The van der Waals surface area contributed by atoms with Crippen LogP contribution in [0.5, 0.6) is 0 Å². The third-order valence-electron chi connectivity index (χ3n) is 2.63. The van der Waals surface area contributed by atoms with Gasteiger partial charge in [0.2, 0.25) is 5.82 Å². The van der Waals surface area contributed by atoms with Crippen molar-refractivity contribution in [1.82, 2.24) is 20.6 Å². The van der Waals surface area contributed by atoms with Crippen molar-refractivity contribution in [2.75, 3.05) is 6.61 Å². The molecule has 0 amide bonds. The van der Waals surface area contributed by atoms with E-state index >= 15 is 0 Å². The molecule has 0 saturated carbocycles. The molecule has 108 valence electrons. The maximum Gasteiger partial charge on any atom is 0.469 e. The van der Waals surface area contributed by atoms with Gasteiger partial charge in [-0.25, -0.2) is 4.57 Å². The van der Waals surface area contributed by atoms with Crippen LogP contribution in [-0.2, 0) is 13.8 Å². The number of aromatic nitrogens is 4. The highest BCUT2D eigenvalue weighted by molar-refractivity contribution is 7.46. The fourth-order valence-electron chi connectivity index (χ4n) is 1.73. The summed E-state index contributed by atoms with van der Waals surface area (Å²) in [4.78, 5) is 17.2. The first-order valence-electron chi connectivity index (χ1n) is 5.32. The Morgan fingerprint density at radius 3 is 2.79 bits per heavy atom. The molecule has 1 saturated heterocycles. The molecule has 1 fully saturated rings. The number of aliphatic hydroxyl groups is 2. The number of phosphoric acid groups is 1. The van der Waals surface area contributed by atoms with Gasteiger partial charge in [0, 0.05) is 6.42 Å². The first-order valence-corrected chi connectivity index (χ1v) is 6.85. The summed E-state index contributed by atoms with van der Waals surface area (Å²) >= 11 is 0. The lowest BCUT2D eigenvalue weighted by Gasteiger charge is -2.35. The number of aromatic amines is 1. The van der Waals surface area contributed by atoms with Crippen LogP contribution in [0.1, 0.15) is 18.3 Å². The third-order valence-corrected chi connectivity index (χ3v) is 3.11. The molecule has 0 radical (unpaired) electrons. The first kappa shape index (κ1) is 14.5. The summed E-state index contributed by atoms with van der Waals surface area (Å²) < 4.78 is 20.2. The van der Waals surface area contributed by atoms with E-state index in [9.17, 15) is 14.8 Å². The highest BCUT2D eigenvalue weighted by Crippen LogP contribution is 2.38. The molecule has 4 atom stereocenters. The van der Waals surface area contributed by atoms with Gasteiger partial charge < -0.3 is 24.7 Å². The van der Waals surface area contributed by atoms with Crippen LogP contribution in [0.4, 0.5) is 0 Å². The van der Waals surface area contributed by atoms with Crippen molar-refractivity contribution in [3.8, 4) is 0 Å². The molecule has 19 heavy (non-hydrogen) atoms. The number of phosphoric ester groups is 1. The van der Waals surface area contributed by atoms with Gasteiger partial charge in [0.1, 0.15) is 18.3 Å². The molecule has 0 aromatic carbocycles. The van der Waals surface area contributed by atoms with E-state index < -0.39 is 38.8 Å². The molecule has 1 aliphatic rings. The minimum absolute atomic E-state index is 0.0348. The van der Waals surface area contributed by atoms with Crippen LogP contribution in [0.3, 0.4) is 0 Å². The van der Waals surface area contributed by atoms with Crippen molar-refractivity contribution < 1.29 is 33.8 Å². The van der Waals surface area contributed by atoms with E-state index in [1.807, 2.05) is 0 Å². The van der Waals surface area contributed by atoms with E-state index in [0.717, 1.165) is 0 Å². The predicted octanol–water partition coefficient (Wildman–Crippen LogP) is -2.14. The average molecular weight is 296 g/mol. The zero-order valence-electron chi connectivity index (χ0n) is 9.53. The molecule has 0 aliphatic carbocycles. The van der Waals surface area contributed by atoms with Crippen LogP contribution < -0.4 is 0 Å².